The zero-order valence-corrected chi connectivity index (χ0v) is 9.33. The van der Waals surface area contributed by atoms with E-state index < -0.39 is 0 Å². The van der Waals surface area contributed by atoms with Gasteiger partial charge in [0.2, 0.25) is 0 Å². The lowest BCUT2D eigenvalue weighted by Crippen LogP contribution is -2.03. The zero-order valence-electron chi connectivity index (χ0n) is 9.33. The predicted molar refractivity (Wildman–Crippen MR) is 55.9 cm³/mol. The van der Waals surface area contributed by atoms with Gasteiger partial charge in [-0.1, -0.05) is 13.8 Å². The predicted octanol–water partition coefficient (Wildman–Crippen LogP) is 2.97. The molecule has 0 N–H and O–H groups in total. The van der Waals surface area contributed by atoms with Crippen molar-refractivity contribution in [1.29, 1.82) is 0 Å². The molecule has 0 aliphatic carbocycles. The van der Waals surface area contributed by atoms with Crippen LogP contribution in [0.15, 0.2) is 6.33 Å². The summed E-state index contributed by atoms with van der Waals surface area (Å²) in [5.74, 6) is 0.689. The van der Waals surface area contributed by atoms with Crippen LogP contribution in [-0.4, -0.2) is 9.55 Å². The molecule has 0 aliphatic heterocycles. The molecule has 0 fully saturated rings. The SMILES string of the molecule is Cc1c(CC(C)C)ncn1C(C)C. The molecule has 1 rings (SSSR count). The number of rotatable bonds is 3. The highest BCUT2D eigenvalue weighted by Gasteiger charge is 2.09. The van der Waals surface area contributed by atoms with E-state index >= 15 is 0 Å². The van der Waals surface area contributed by atoms with Gasteiger partial charge in [0.1, 0.15) is 0 Å². The summed E-state index contributed by atoms with van der Waals surface area (Å²) in [6.07, 6.45) is 3.04. The minimum absolute atomic E-state index is 0.522. The summed E-state index contributed by atoms with van der Waals surface area (Å²) in [5, 5.41) is 0. The number of hydrogen-bond acceptors (Lipinski definition) is 1. The lowest BCUT2D eigenvalue weighted by atomic mass is 10.1. The molecule has 2 nitrogen and oxygen atoms in total. The molecule has 74 valence electrons. The van der Waals surface area contributed by atoms with Gasteiger partial charge in [0.25, 0.3) is 0 Å². The number of nitrogens with zero attached hydrogens (tertiary/aromatic N) is 2. The summed E-state index contributed by atoms with van der Waals surface area (Å²) < 4.78 is 2.23. The van der Waals surface area contributed by atoms with Crippen molar-refractivity contribution in [1.82, 2.24) is 9.55 Å². The van der Waals surface area contributed by atoms with Gasteiger partial charge >= 0.3 is 0 Å². The van der Waals surface area contributed by atoms with Crippen molar-refractivity contribution >= 4 is 0 Å². The number of imidazole rings is 1. The van der Waals surface area contributed by atoms with E-state index in [-0.39, 0.29) is 0 Å². The average molecular weight is 180 g/mol. The van der Waals surface area contributed by atoms with Crippen LogP contribution in [0.3, 0.4) is 0 Å². The van der Waals surface area contributed by atoms with E-state index in [1.165, 1.54) is 11.4 Å². The quantitative estimate of drug-likeness (QED) is 0.699. The van der Waals surface area contributed by atoms with Gasteiger partial charge in [0.05, 0.1) is 12.0 Å². The molecule has 1 aromatic rings. The van der Waals surface area contributed by atoms with E-state index in [2.05, 4.69) is 44.2 Å². The highest BCUT2D eigenvalue weighted by Crippen LogP contribution is 2.15. The van der Waals surface area contributed by atoms with Gasteiger partial charge in [0.15, 0.2) is 0 Å². The van der Waals surface area contributed by atoms with E-state index in [0.29, 0.717) is 12.0 Å². The molecule has 0 amide bonds. The molecule has 0 aromatic carbocycles. The van der Waals surface area contributed by atoms with E-state index in [0.717, 1.165) is 6.42 Å². The molecule has 0 bridgehead atoms. The molecule has 0 unspecified atom stereocenters. The van der Waals surface area contributed by atoms with Crippen LogP contribution < -0.4 is 0 Å². The van der Waals surface area contributed by atoms with E-state index in [1.54, 1.807) is 0 Å². The second-order valence-electron chi connectivity index (χ2n) is 4.38. The summed E-state index contributed by atoms with van der Waals surface area (Å²) >= 11 is 0. The van der Waals surface area contributed by atoms with Crippen molar-refractivity contribution in [2.45, 2.75) is 47.1 Å². The van der Waals surface area contributed by atoms with Gasteiger partial charge < -0.3 is 4.57 Å². The second kappa shape index (κ2) is 3.95. The van der Waals surface area contributed by atoms with Crippen LogP contribution in [0.1, 0.15) is 45.1 Å². The van der Waals surface area contributed by atoms with Gasteiger partial charge in [-0.25, -0.2) is 4.98 Å². The Balaban J connectivity index is 2.86. The van der Waals surface area contributed by atoms with Gasteiger partial charge in [-0.15, -0.1) is 0 Å². The summed E-state index contributed by atoms with van der Waals surface area (Å²) in [4.78, 5) is 4.44. The monoisotopic (exact) mass is 180 g/mol. The maximum absolute atomic E-state index is 4.44. The maximum atomic E-state index is 4.44. The molecular formula is C11H20N2. The number of aromatic nitrogens is 2. The highest BCUT2D eigenvalue weighted by atomic mass is 15.1. The molecular weight excluding hydrogens is 160 g/mol. The third-order valence-electron chi connectivity index (χ3n) is 2.30. The Morgan fingerprint density at radius 2 is 1.92 bits per heavy atom. The van der Waals surface area contributed by atoms with Crippen molar-refractivity contribution in [3.63, 3.8) is 0 Å². The molecule has 0 spiro atoms. The minimum atomic E-state index is 0.522. The highest BCUT2D eigenvalue weighted by molar-refractivity contribution is 5.12. The standard InChI is InChI=1S/C11H20N2/c1-8(2)6-11-10(5)13(7-12-11)9(3)4/h7-9H,6H2,1-5H3. The fourth-order valence-corrected chi connectivity index (χ4v) is 1.57. The van der Waals surface area contributed by atoms with Crippen molar-refractivity contribution < 1.29 is 0 Å². The third-order valence-corrected chi connectivity index (χ3v) is 2.30. The molecule has 13 heavy (non-hydrogen) atoms. The van der Waals surface area contributed by atoms with Crippen LogP contribution in [0.4, 0.5) is 0 Å². The molecule has 0 saturated carbocycles. The fraction of sp³-hybridized carbons (Fsp3) is 0.727. The van der Waals surface area contributed by atoms with Crippen LogP contribution in [0.2, 0.25) is 0 Å². The van der Waals surface area contributed by atoms with Crippen LogP contribution in [0.5, 0.6) is 0 Å². The minimum Gasteiger partial charge on any atom is -0.332 e. The molecule has 1 heterocycles. The lowest BCUT2D eigenvalue weighted by Gasteiger charge is -2.10. The Bertz CT molecular complexity index is 272. The maximum Gasteiger partial charge on any atom is 0.0953 e. The van der Waals surface area contributed by atoms with Crippen molar-refractivity contribution in [3.05, 3.63) is 17.7 Å². The largest absolute Gasteiger partial charge is 0.332 e. The first kappa shape index (κ1) is 10.3. The Hall–Kier alpha value is -0.790. The molecule has 1 aromatic heterocycles. The van der Waals surface area contributed by atoms with Crippen LogP contribution in [0.25, 0.3) is 0 Å². The fourth-order valence-electron chi connectivity index (χ4n) is 1.57. The Kier molecular flexibility index (Phi) is 3.12. The van der Waals surface area contributed by atoms with E-state index in [9.17, 15) is 0 Å². The topological polar surface area (TPSA) is 17.8 Å². The van der Waals surface area contributed by atoms with Crippen LogP contribution in [-0.2, 0) is 6.42 Å². The van der Waals surface area contributed by atoms with E-state index in [4.69, 9.17) is 0 Å². The summed E-state index contributed by atoms with van der Waals surface area (Å²) in [5.41, 5.74) is 2.58. The normalized spacial score (nSPS) is 11.6. The Labute approximate surface area is 81.0 Å². The van der Waals surface area contributed by atoms with E-state index in [1.807, 2.05) is 6.33 Å². The van der Waals surface area contributed by atoms with Gasteiger partial charge in [0, 0.05) is 11.7 Å². The first-order valence-electron chi connectivity index (χ1n) is 5.04. The summed E-state index contributed by atoms with van der Waals surface area (Å²) in [6.45, 7) is 11.0. The molecule has 0 radical (unpaired) electrons. The first-order chi connectivity index (χ1) is 6.02. The van der Waals surface area contributed by atoms with Crippen LogP contribution >= 0.6 is 0 Å². The third kappa shape index (κ3) is 2.33. The molecule has 2 heteroatoms. The Morgan fingerprint density at radius 3 is 2.31 bits per heavy atom. The van der Waals surface area contributed by atoms with Crippen molar-refractivity contribution in [2.24, 2.45) is 5.92 Å². The smallest absolute Gasteiger partial charge is 0.0953 e. The van der Waals surface area contributed by atoms with Gasteiger partial charge in [-0.2, -0.15) is 0 Å². The van der Waals surface area contributed by atoms with Crippen LogP contribution in [0, 0.1) is 12.8 Å². The van der Waals surface area contributed by atoms with Crippen molar-refractivity contribution in [2.75, 3.05) is 0 Å². The first-order valence-corrected chi connectivity index (χ1v) is 5.04. The van der Waals surface area contributed by atoms with Gasteiger partial charge in [-0.3, -0.25) is 0 Å². The van der Waals surface area contributed by atoms with Gasteiger partial charge in [-0.05, 0) is 33.1 Å². The summed E-state index contributed by atoms with van der Waals surface area (Å²) in [7, 11) is 0. The summed E-state index contributed by atoms with van der Waals surface area (Å²) in [6, 6.07) is 0.522. The molecule has 0 saturated heterocycles. The molecule has 0 aliphatic rings. The second-order valence-corrected chi connectivity index (χ2v) is 4.38. The zero-order chi connectivity index (χ0) is 10.0. The van der Waals surface area contributed by atoms with Crippen molar-refractivity contribution in [3.8, 4) is 0 Å². The average Bonchev–Trinajstić information content (AvgIpc) is 2.32. The molecule has 0 atom stereocenters. The Morgan fingerprint density at radius 1 is 1.31 bits per heavy atom. The number of hydrogen-bond donors (Lipinski definition) is 0. The lowest BCUT2D eigenvalue weighted by molar-refractivity contribution is 0.580.